The van der Waals surface area contributed by atoms with Gasteiger partial charge in [0.05, 0.1) is 6.54 Å². The van der Waals surface area contributed by atoms with E-state index in [1.165, 1.54) is 9.75 Å². The molecule has 0 aliphatic carbocycles. The summed E-state index contributed by atoms with van der Waals surface area (Å²) in [4.78, 5) is 18.8. The summed E-state index contributed by atoms with van der Waals surface area (Å²) in [6.07, 6.45) is 0. The fraction of sp³-hybridized carbons (Fsp3) is 0.615. The lowest BCUT2D eigenvalue weighted by atomic mass is 10.3. The molecule has 0 aromatic carbocycles. The Balaban J connectivity index is 1.75. The molecule has 1 fully saturated rings. The highest BCUT2D eigenvalue weighted by Gasteiger charge is 2.19. The molecular weight excluding hydrogens is 246 g/mol. The first-order valence-electron chi connectivity index (χ1n) is 6.49. The molecule has 0 atom stereocenters. The number of aryl methyl sites for hydroxylation is 1. The lowest BCUT2D eigenvalue weighted by Gasteiger charge is -2.33. The molecule has 1 aromatic rings. The molecule has 1 N–H and O–H groups in total. The number of hydrogen-bond acceptors (Lipinski definition) is 3. The molecule has 1 aliphatic heterocycles. The molecule has 4 nitrogen and oxygen atoms in total. The molecule has 0 radical (unpaired) electrons. The van der Waals surface area contributed by atoms with E-state index in [2.05, 4.69) is 36.2 Å². The number of thiophene rings is 1. The van der Waals surface area contributed by atoms with Gasteiger partial charge in [0.15, 0.2) is 0 Å². The molecule has 2 amide bonds. The van der Waals surface area contributed by atoms with Crippen LogP contribution < -0.4 is 5.32 Å². The van der Waals surface area contributed by atoms with Crippen LogP contribution in [0.1, 0.15) is 16.7 Å². The highest BCUT2D eigenvalue weighted by atomic mass is 32.1. The van der Waals surface area contributed by atoms with Crippen molar-refractivity contribution in [1.82, 2.24) is 15.1 Å². The molecule has 1 aromatic heterocycles. The van der Waals surface area contributed by atoms with Gasteiger partial charge in [-0.05, 0) is 25.6 Å². The highest BCUT2D eigenvalue weighted by molar-refractivity contribution is 7.11. The van der Waals surface area contributed by atoms with Crippen molar-refractivity contribution < 1.29 is 4.79 Å². The molecule has 0 spiro atoms. The first-order valence-corrected chi connectivity index (χ1v) is 7.31. The monoisotopic (exact) mass is 267 g/mol. The Hall–Kier alpha value is -1.07. The van der Waals surface area contributed by atoms with E-state index in [1.807, 2.05) is 4.90 Å². The summed E-state index contributed by atoms with van der Waals surface area (Å²) in [6.45, 7) is 9.61. The number of amides is 2. The maximum absolute atomic E-state index is 12.0. The average Bonchev–Trinajstić information content (AvgIpc) is 2.82. The van der Waals surface area contributed by atoms with Crippen molar-refractivity contribution in [3.05, 3.63) is 21.9 Å². The van der Waals surface area contributed by atoms with Gasteiger partial charge in [-0.1, -0.05) is 6.92 Å². The lowest BCUT2D eigenvalue weighted by Crippen LogP contribution is -2.51. The van der Waals surface area contributed by atoms with Gasteiger partial charge in [-0.25, -0.2) is 4.79 Å². The van der Waals surface area contributed by atoms with Gasteiger partial charge in [0, 0.05) is 35.9 Å². The van der Waals surface area contributed by atoms with Gasteiger partial charge in [-0.15, -0.1) is 11.3 Å². The van der Waals surface area contributed by atoms with Crippen molar-refractivity contribution in [1.29, 1.82) is 0 Å². The quantitative estimate of drug-likeness (QED) is 0.908. The Labute approximate surface area is 113 Å². The van der Waals surface area contributed by atoms with E-state index >= 15 is 0 Å². The molecular formula is C13H21N3OS. The van der Waals surface area contributed by atoms with Gasteiger partial charge in [-0.2, -0.15) is 0 Å². The number of likely N-dealkylation sites (N-methyl/N-ethyl adjacent to an activating group) is 1. The Morgan fingerprint density at radius 1 is 1.33 bits per heavy atom. The average molecular weight is 267 g/mol. The van der Waals surface area contributed by atoms with Crippen LogP contribution >= 0.6 is 11.3 Å². The third kappa shape index (κ3) is 3.46. The second kappa shape index (κ2) is 6.20. The summed E-state index contributed by atoms with van der Waals surface area (Å²) in [5, 5.41) is 2.99. The molecule has 0 saturated carbocycles. The molecule has 18 heavy (non-hydrogen) atoms. The zero-order chi connectivity index (χ0) is 13.0. The van der Waals surface area contributed by atoms with E-state index in [-0.39, 0.29) is 6.03 Å². The van der Waals surface area contributed by atoms with E-state index in [0.717, 1.165) is 32.7 Å². The number of nitrogens with zero attached hydrogens (tertiary/aromatic N) is 2. The van der Waals surface area contributed by atoms with E-state index in [1.54, 1.807) is 11.3 Å². The van der Waals surface area contributed by atoms with Gasteiger partial charge in [-0.3, -0.25) is 0 Å². The SMILES string of the molecule is CCN1CCN(C(=O)NCc2ccc(C)s2)CC1. The van der Waals surface area contributed by atoms with Crippen molar-refractivity contribution in [3.63, 3.8) is 0 Å². The second-order valence-electron chi connectivity index (χ2n) is 4.59. The Morgan fingerprint density at radius 3 is 2.61 bits per heavy atom. The number of urea groups is 1. The molecule has 0 bridgehead atoms. The number of nitrogens with one attached hydrogen (secondary N) is 1. The fourth-order valence-corrected chi connectivity index (χ4v) is 2.95. The van der Waals surface area contributed by atoms with Crippen molar-refractivity contribution in [3.8, 4) is 0 Å². The van der Waals surface area contributed by atoms with Crippen LogP contribution in [0.25, 0.3) is 0 Å². The van der Waals surface area contributed by atoms with Gasteiger partial charge in [0.25, 0.3) is 0 Å². The van der Waals surface area contributed by atoms with Crippen LogP contribution in [0.5, 0.6) is 0 Å². The third-order valence-electron chi connectivity index (χ3n) is 3.32. The molecule has 5 heteroatoms. The topological polar surface area (TPSA) is 35.6 Å². The van der Waals surface area contributed by atoms with E-state index in [4.69, 9.17) is 0 Å². The van der Waals surface area contributed by atoms with Gasteiger partial charge in [0.1, 0.15) is 0 Å². The number of rotatable bonds is 3. The number of hydrogen-bond donors (Lipinski definition) is 1. The molecule has 100 valence electrons. The Kier molecular flexibility index (Phi) is 4.60. The smallest absolute Gasteiger partial charge is 0.317 e. The van der Waals surface area contributed by atoms with E-state index < -0.39 is 0 Å². The molecule has 2 heterocycles. The second-order valence-corrected chi connectivity index (χ2v) is 5.96. The standard InChI is InChI=1S/C13H21N3OS/c1-3-15-6-8-16(9-7-15)13(17)14-10-12-5-4-11(2)18-12/h4-5H,3,6-10H2,1-2H3,(H,14,17). The first kappa shape index (κ1) is 13.4. The van der Waals surface area contributed by atoms with Crippen LogP contribution in [-0.4, -0.2) is 48.6 Å². The van der Waals surface area contributed by atoms with Crippen LogP contribution in [0.15, 0.2) is 12.1 Å². The minimum Gasteiger partial charge on any atom is -0.333 e. The van der Waals surface area contributed by atoms with E-state index in [0.29, 0.717) is 6.54 Å². The summed E-state index contributed by atoms with van der Waals surface area (Å²) in [5.74, 6) is 0. The molecule has 0 unspecified atom stereocenters. The number of carbonyl (C=O) groups is 1. The van der Waals surface area contributed by atoms with Gasteiger partial charge >= 0.3 is 6.03 Å². The maximum Gasteiger partial charge on any atom is 0.317 e. The minimum atomic E-state index is 0.0665. The summed E-state index contributed by atoms with van der Waals surface area (Å²) in [5.41, 5.74) is 0. The van der Waals surface area contributed by atoms with Gasteiger partial charge < -0.3 is 15.1 Å². The fourth-order valence-electron chi connectivity index (χ4n) is 2.12. The predicted octanol–water partition coefficient (Wildman–Crippen LogP) is 1.90. The Morgan fingerprint density at radius 2 is 2.06 bits per heavy atom. The zero-order valence-electron chi connectivity index (χ0n) is 11.1. The summed E-state index contributed by atoms with van der Waals surface area (Å²) < 4.78 is 0. The normalized spacial score (nSPS) is 16.9. The van der Waals surface area contributed by atoms with Gasteiger partial charge in [0.2, 0.25) is 0 Å². The molecule has 2 rings (SSSR count). The van der Waals surface area contributed by atoms with Crippen LogP contribution in [-0.2, 0) is 6.54 Å². The van der Waals surface area contributed by atoms with Crippen molar-refractivity contribution >= 4 is 17.4 Å². The third-order valence-corrected chi connectivity index (χ3v) is 4.32. The van der Waals surface area contributed by atoms with E-state index in [9.17, 15) is 4.79 Å². The van der Waals surface area contributed by atoms with Crippen molar-refractivity contribution in [2.75, 3.05) is 32.7 Å². The number of carbonyl (C=O) groups excluding carboxylic acids is 1. The maximum atomic E-state index is 12.0. The van der Waals surface area contributed by atoms with Crippen LogP contribution in [0.2, 0.25) is 0 Å². The molecule has 1 aliphatic rings. The predicted molar refractivity (Wildman–Crippen MR) is 75.0 cm³/mol. The molecule has 1 saturated heterocycles. The summed E-state index contributed by atoms with van der Waals surface area (Å²) >= 11 is 1.74. The summed E-state index contributed by atoms with van der Waals surface area (Å²) in [7, 11) is 0. The highest BCUT2D eigenvalue weighted by Crippen LogP contribution is 2.14. The summed E-state index contributed by atoms with van der Waals surface area (Å²) in [6, 6.07) is 4.23. The zero-order valence-corrected chi connectivity index (χ0v) is 11.9. The van der Waals surface area contributed by atoms with Crippen molar-refractivity contribution in [2.24, 2.45) is 0 Å². The minimum absolute atomic E-state index is 0.0665. The van der Waals surface area contributed by atoms with Crippen molar-refractivity contribution in [2.45, 2.75) is 20.4 Å². The lowest BCUT2D eigenvalue weighted by molar-refractivity contribution is 0.143. The first-order chi connectivity index (χ1) is 8.69. The van der Waals surface area contributed by atoms with Crippen LogP contribution in [0.4, 0.5) is 4.79 Å². The number of piperazine rings is 1. The van der Waals surface area contributed by atoms with Crippen LogP contribution in [0, 0.1) is 6.92 Å². The Bertz CT molecular complexity index is 397. The largest absolute Gasteiger partial charge is 0.333 e. The van der Waals surface area contributed by atoms with Crippen LogP contribution in [0.3, 0.4) is 0 Å².